The lowest BCUT2D eigenvalue weighted by Crippen LogP contribution is -2.20. The number of aliphatic hydroxyl groups excluding tert-OH is 1. The molecule has 0 fully saturated rings. The van der Waals surface area contributed by atoms with Gasteiger partial charge in [-0.1, -0.05) is 18.2 Å². The van der Waals surface area contributed by atoms with Gasteiger partial charge in [0.2, 0.25) is 0 Å². The minimum absolute atomic E-state index is 0.109. The smallest absolute Gasteiger partial charge is 0.0960 e. The van der Waals surface area contributed by atoms with Crippen LogP contribution in [-0.2, 0) is 0 Å². The van der Waals surface area contributed by atoms with Crippen LogP contribution in [0.25, 0.3) is 0 Å². The van der Waals surface area contributed by atoms with E-state index in [1.54, 1.807) is 18.6 Å². The molecule has 0 amide bonds. The first-order valence-corrected chi connectivity index (χ1v) is 6.11. The Morgan fingerprint density at radius 1 is 1.17 bits per heavy atom. The molecule has 96 valence electrons. The van der Waals surface area contributed by atoms with Crippen LogP contribution in [0.3, 0.4) is 0 Å². The SMILES string of the molecule is Cc1ccc(C(CN)C(O)c2ccoc2)cc1C. The van der Waals surface area contributed by atoms with E-state index >= 15 is 0 Å². The van der Waals surface area contributed by atoms with E-state index in [1.807, 2.05) is 6.07 Å². The number of aryl methyl sites for hydroxylation is 2. The highest BCUT2D eigenvalue weighted by Gasteiger charge is 2.22. The van der Waals surface area contributed by atoms with Gasteiger partial charge in [0.05, 0.1) is 18.6 Å². The fraction of sp³-hybridized carbons (Fsp3) is 0.333. The largest absolute Gasteiger partial charge is 0.472 e. The van der Waals surface area contributed by atoms with Crippen molar-refractivity contribution >= 4 is 0 Å². The zero-order valence-electron chi connectivity index (χ0n) is 10.8. The third-order valence-electron chi connectivity index (χ3n) is 3.48. The Balaban J connectivity index is 2.30. The second-order valence-electron chi connectivity index (χ2n) is 4.69. The van der Waals surface area contributed by atoms with Crippen LogP contribution >= 0.6 is 0 Å². The van der Waals surface area contributed by atoms with Crippen LogP contribution < -0.4 is 5.73 Å². The maximum Gasteiger partial charge on any atom is 0.0960 e. The van der Waals surface area contributed by atoms with Crippen LogP contribution in [0, 0.1) is 13.8 Å². The molecule has 0 aliphatic carbocycles. The van der Waals surface area contributed by atoms with E-state index in [0.717, 1.165) is 11.1 Å². The lowest BCUT2D eigenvalue weighted by atomic mass is 9.88. The van der Waals surface area contributed by atoms with Crippen molar-refractivity contribution < 1.29 is 9.52 Å². The van der Waals surface area contributed by atoms with Crippen LogP contribution in [0.2, 0.25) is 0 Å². The first-order valence-electron chi connectivity index (χ1n) is 6.11. The fourth-order valence-electron chi connectivity index (χ4n) is 2.12. The first kappa shape index (κ1) is 12.9. The Kier molecular flexibility index (Phi) is 3.84. The number of furan rings is 1. The van der Waals surface area contributed by atoms with Crippen LogP contribution in [0.15, 0.2) is 41.2 Å². The molecule has 3 heteroatoms. The third-order valence-corrected chi connectivity index (χ3v) is 3.48. The van der Waals surface area contributed by atoms with Crippen LogP contribution in [0.5, 0.6) is 0 Å². The molecule has 2 unspecified atom stereocenters. The lowest BCUT2D eigenvalue weighted by Gasteiger charge is -2.21. The Morgan fingerprint density at radius 2 is 1.94 bits per heavy atom. The summed E-state index contributed by atoms with van der Waals surface area (Å²) in [5, 5.41) is 10.3. The fourth-order valence-corrected chi connectivity index (χ4v) is 2.12. The van der Waals surface area contributed by atoms with E-state index in [-0.39, 0.29) is 5.92 Å². The van der Waals surface area contributed by atoms with Gasteiger partial charge in [-0.3, -0.25) is 0 Å². The molecule has 0 saturated heterocycles. The van der Waals surface area contributed by atoms with Crippen molar-refractivity contribution in [3.63, 3.8) is 0 Å². The average molecular weight is 245 g/mol. The number of aliphatic hydroxyl groups is 1. The summed E-state index contributed by atoms with van der Waals surface area (Å²) in [7, 11) is 0. The Morgan fingerprint density at radius 3 is 2.50 bits per heavy atom. The Hall–Kier alpha value is -1.58. The standard InChI is InChI=1S/C15H19NO2/c1-10-3-4-12(7-11(10)2)14(8-16)15(17)13-5-6-18-9-13/h3-7,9,14-15,17H,8,16H2,1-2H3. The van der Waals surface area contributed by atoms with Gasteiger partial charge in [-0.25, -0.2) is 0 Å². The normalized spacial score (nSPS) is 14.4. The average Bonchev–Trinajstić information content (AvgIpc) is 2.88. The second kappa shape index (κ2) is 5.38. The van der Waals surface area contributed by atoms with Crippen LogP contribution in [-0.4, -0.2) is 11.7 Å². The zero-order valence-corrected chi connectivity index (χ0v) is 10.8. The van der Waals surface area contributed by atoms with Crippen molar-refractivity contribution in [1.29, 1.82) is 0 Å². The molecule has 0 aliphatic heterocycles. The van der Waals surface area contributed by atoms with E-state index in [9.17, 15) is 5.11 Å². The van der Waals surface area contributed by atoms with Crippen molar-refractivity contribution in [2.75, 3.05) is 6.54 Å². The summed E-state index contributed by atoms with van der Waals surface area (Å²) >= 11 is 0. The summed E-state index contributed by atoms with van der Waals surface area (Å²) in [5.41, 5.74) is 10.1. The molecule has 0 saturated carbocycles. The molecular weight excluding hydrogens is 226 g/mol. The molecule has 0 bridgehead atoms. The summed E-state index contributed by atoms with van der Waals surface area (Å²) in [6.45, 7) is 4.54. The number of nitrogens with two attached hydrogens (primary N) is 1. The van der Waals surface area contributed by atoms with Gasteiger partial charge in [0.1, 0.15) is 0 Å². The number of hydrogen-bond donors (Lipinski definition) is 2. The molecule has 1 heterocycles. The highest BCUT2D eigenvalue weighted by Crippen LogP contribution is 2.31. The van der Waals surface area contributed by atoms with Crippen molar-refractivity contribution in [3.8, 4) is 0 Å². The van der Waals surface area contributed by atoms with Gasteiger partial charge in [0.25, 0.3) is 0 Å². The van der Waals surface area contributed by atoms with Crippen molar-refractivity contribution in [2.24, 2.45) is 5.73 Å². The molecule has 0 radical (unpaired) electrons. The maximum absolute atomic E-state index is 10.3. The van der Waals surface area contributed by atoms with E-state index in [4.69, 9.17) is 10.2 Å². The third kappa shape index (κ3) is 2.47. The monoisotopic (exact) mass is 245 g/mol. The number of benzene rings is 1. The van der Waals surface area contributed by atoms with Gasteiger partial charge in [-0.15, -0.1) is 0 Å². The molecule has 18 heavy (non-hydrogen) atoms. The van der Waals surface area contributed by atoms with Gasteiger partial charge < -0.3 is 15.3 Å². The molecule has 3 nitrogen and oxygen atoms in total. The molecule has 1 aromatic heterocycles. The van der Waals surface area contributed by atoms with E-state index in [2.05, 4.69) is 26.0 Å². The number of rotatable bonds is 4. The van der Waals surface area contributed by atoms with Gasteiger partial charge >= 0.3 is 0 Å². The van der Waals surface area contributed by atoms with Gasteiger partial charge in [-0.2, -0.15) is 0 Å². The highest BCUT2D eigenvalue weighted by atomic mass is 16.3. The molecule has 1 aromatic carbocycles. The molecule has 2 atom stereocenters. The van der Waals surface area contributed by atoms with Crippen molar-refractivity contribution in [2.45, 2.75) is 25.9 Å². The van der Waals surface area contributed by atoms with Crippen molar-refractivity contribution in [3.05, 3.63) is 59.0 Å². The summed E-state index contributed by atoms with van der Waals surface area (Å²) in [4.78, 5) is 0. The van der Waals surface area contributed by atoms with E-state index < -0.39 is 6.10 Å². The Labute approximate surface area is 107 Å². The highest BCUT2D eigenvalue weighted by molar-refractivity contribution is 5.33. The zero-order chi connectivity index (χ0) is 13.1. The minimum atomic E-state index is -0.629. The first-order chi connectivity index (χ1) is 8.63. The lowest BCUT2D eigenvalue weighted by molar-refractivity contribution is 0.146. The second-order valence-corrected chi connectivity index (χ2v) is 4.69. The van der Waals surface area contributed by atoms with Gasteiger partial charge in [-0.05, 0) is 36.6 Å². The Bertz CT molecular complexity index is 505. The maximum atomic E-state index is 10.3. The molecule has 0 spiro atoms. The van der Waals surface area contributed by atoms with E-state index in [0.29, 0.717) is 6.54 Å². The quantitative estimate of drug-likeness (QED) is 0.870. The van der Waals surface area contributed by atoms with E-state index in [1.165, 1.54) is 11.1 Å². The summed E-state index contributed by atoms with van der Waals surface area (Å²) in [6, 6.07) is 7.96. The van der Waals surface area contributed by atoms with Gasteiger partial charge in [0.15, 0.2) is 0 Å². The summed E-state index contributed by atoms with van der Waals surface area (Å²) in [6.07, 6.45) is 2.50. The molecular formula is C15H19NO2. The van der Waals surface area contributed by atoms with Crippen LogP contribution in [0.4, 0.5) is 0 Å². The molecule has 2 rings (SSSR count). The summed E-state index contributed by atoms with van der Waals surface area (Å²) in [5.74, 6) is -0.109. The summed E-state index contributed by atoms with van der Waals surface area (Å²) < 4.78 is 5.01. The number of hydrogen-bond acceptors (Lipinski definition) is 3. The minimum Gasteiger partial charge on any atom is -0.472 e. The molecule has 3 N–H and O–H groups in total. The van der Waals surface area contributed by atoms with Crippen molar-refractivity contribution in [1.82, 2.24) is 0 Å². The van der Waals surface area contributed by atoms with Gasteiger partial charge in [0, 0.05) is 18.0 Å². The topological polar surface area (TPSA) is 59.4 Å². The molecule has 0 aliphatic rings. The predicted molar refractivity (Wildman–Crippen MR) is 71.4 cm³/mol. The predicted octanol–water partition coefficient (Wildman–Crippen LogP) is 2.67. The molecule has 2 aromatic rings. The van der Waals surface area contributed by atoms with Crippen LogP contribution in [0.1, 0.15) is 34.3 Å².